The lowest BCUT2D eigenvalue weighted by Crippen LogP contribution is -2.40. The summed E-state index contributed by atoms with van der Waals surface area (Å²) in [5.74, 6) is -0.292. The van der Waals surface area contributed by atoms with Crippen molar-refractivity contribution in [1.29, 1.82) is 0 Å². The Morgan fingerprint density at radius 1 is 1.03 bits per heavy atom. The second kappa shape index (κ2) is 10.3. The molecule has 0 aliphatic rings. The van der Waals surface area contributed by atoms with E-state index >= 15 is 0 Å². The van der Waals surface area contributed by atoms with E-state index in [1.807, 2.05) is 0 Å². The minimum Gasteiger partial charge on any atom is -0.495 e. The topological polar surface area (TPSA) is 75.7 Å². The van der Waals surface area contributed by atoms with Crippen LogP contribution in [0.5, 0.6) is 5.75 Å². The van der Waals surface area contributed by atoms with Crippen LogP contribution in [0.4, 0.5) is 5.69 Å². The zero-order valence-electron chi connectivity index (χ0n) is 17.5. The molecule has 0 spiro atoms. The highest BCUT2D eigenvalue weighted by molar-refractivity contribution is 7.93. The van der Waals surface area contributed by atoms with Crippen molar-refractivity contribution in [3.8, 4) is 5.75 Å². The number of carbonyl (C=O) groups is 1. The van der Waals surface area contributed by atoms with Crippen LogP contribution in [0.25, 0.3) is 0 Å². The number of nitrogens with zero attached hydrogens (tertiary/aromatic N) is 1. The van der Waals surface area contributed by atoms with Crippen LogP contribution < -0.4 is 14.4 Å². The first kappa shape index (κ1) is 23.9. The Labute approximate surface area is 197 Å². The third-order valence-electron chi connectivity index (χ3n) is 4.71. The summed E-state index contributed by atoms with van der Waals surface area (Å²) in [6.07, 6.45) is 0. The average molecular weight is 493 g/mol. The zero-order valence-corrected chi connectivity index (χ0v) is 19.8. The first-order chi connectivity index (χ1) is 15.2. The SMILES string of the molecule is COc1ccc(C)cc1S(=O)(=O)N(CC(=O)NCc1ccc(Cl)cc1Cl)c1ccccc1. The molecule has 1 amide bonds. The second-order valence-corrected chi connectivity index (χ2v) is 9.69. The van der Waals surface area contributed by atoms with Gasteiger partial charge in [0.05, 0.1) is 12.8 Å². The fourth-order valence-electron chi connectivity index (χ4n) is 3.06. The number of hydrogen-bond acceptors (Lipinski definition) is 4. The Bertz CT molecular complexity index is 1220. The number of anilines is 1. The van der Waals surface area contributed by atoms with E-state index in [0.29, 0.717) is 21.3 Å². The highest BCUT2D eigenvalue weighted by atomic mass is 35.5. The van der Waals surface area contributed by atoms with Crippen molar-refractivity contribution in [2.75, 3.05) is 18.0 Å². The third-order valence-corrected chi connectivity index (χ3v) is 7.09. The maximum atomic E-state index is 13.6. The number of ether oxygens (including phenoxy) is 1. The van der Waals surface area contributed by atoms with Crippen LogP contribution in [0.1, 0.15) is 11.1 Å². The highest BCUT2D eigenvalue weighted by Crippen LogP contribution is 2.30. The van der Waals surface area contributed by atoms with E-state index in [4.69, 9.17) is 27.9 Å². The summed E-state index contributed by atoms with van der Waals surface area (Å²) in [4.78, 5) is 12.7. The molecule has 0 atom stereocenters. The number of aryl methyl sites for hydroxylation is 1. The Morgan fingerprint density at radius 3 is 2.41 bits per heavy atom. The molecule has 0 saturated heterocycles. The number of methoxy groups -OCH3 is 1. The van der Waals surface area contributed by atoms with Gasteiger partial charge in [0, 0.05) is 16.6 Å². The summed E-state index contributed by atoms with van der Waals surface area (Å²) >= 11 is 12.1. The van der Waals surface area contributed by atoms with Gasteiger partial charge in [-0.3, -0.25) is 9.10 Å². The molecule has 0 radical (unpaired) electrons. The maximum absolute atomic E-state index is 13.6. The van der Waals surface area contributed by atoms with Crippen molar-refractivity contribution in [3.05, 3.63) is 87.9 Å². The summed E-state index contributed by atoms with van der Waals surface area (Å²) in [5.41, 5.74) is 1.77. The molecule has 32 heavy (non-hydrogen) atoms. The van der Waals surface area contributed by atoms with E-state index in [0.717, 1.165) is 9.87 Å². The molecule has 0 heterocycles. The third kappa shape index (κ3) is 5.54. The van der Waals surface area contributed by atoms with Gasteiger partial charge in [-0.25, -0.2) is 8.42 Å². The van der Waals surface area contributed by atoms with E-state index in [2.05, 4.69) is 5.32 Å². The van der Waals surface area contributed by atoms with Gasteiger partial charge in [-0.2, -0.15) is 0 Å². The molecule has 168 valence electrons. The Balaban J connectivity index is 1.90. The minimum atomic E-state index is -4.11. The summed E-state index contributed by atoms with van der Waals surface area (Å²) in [7, 11) is -2.71. The smallest absolute Gasteiger partial charge is 0.268 e. The average Bonchev–Trinajstić information content (AvgIpc) is 2.77. The highest BCUT2D eigenvalue weighted by Gasteiger charge is 2.30. The van der Waals surface area contributed by atoms with E-state index in [1.165, 1.54) is 13.2 Å². The van der Waals surface area contributed by atoms with E-state index < -0.39 is 22.5 Å². The van der Waals surface area contributed by atoms with Crippen LogP contribution >= 0.6 is 23.2 Å². The minimum absolute atomic E-state index is 0.0163. The molecule has 3 aromatic rings. The first-order valence-corrected chi connectivity index (χ1v) is 11.8. The van der Waals surface area contributed by atoms with Gasteiger partial charge in [-0.1, -0.05) is 53.5 Å². The summed E-state index contributed by atoms with van der Waals surface area (Å²) in [5, 5.41) is 3.62. The molecule has 0 fully saturated rings. The number of benzene rings is 3. The molecule has 0 aliphatic carbocycles. The Hall–Kier alpha value is -2.74. The number of carbonyl (C=O) groups excluding carboxylic acids is 1. The predicted molar refractivity (Wildman–Crippen MR) is 127 cm³/mol. The zero-order chi connectivity index (χ0) is 23.3. The number of hydrogen-bond donors (Lipinski definition) is 1. The van der Waals surface area contributed by atoms with Gasteiger partial charge in [0.2, 0.25) is 5.91 Å². The van der Waals surface area contributed by atoms with Crippen molar-refractivity contribution in [2.45, 2.75) is 18.4 Å². The number of para-hydroxylation sites is 1. The molecule has 0 unspecified atom stereocenters. The number of nitrogens with one attached hydrogen (secondary N) is 1. The second-order valence-electron chi connectivity index (χ2n) is 7.01. The van der Waals surface area contributed by atoms with Gasteiger partial charge in [0.15, 0.2) is 0 Å². The van der Waals surface area contributed by atoms with Crippen molar-refractivity contribution >= 4 is 44.8 Å². The lowest BCUT2D eigenvalue weighted by Gasteiger charge is -2.25. The van der Waals surface area contributed by atoms with E-state index in [1.54, 1.807) is 67.6 Å². The van der Waals surface area contributed by atoms with Crippen LogP contribution in [0, 0.1) is 6.92 Å². The van der Waals surface area contributed by atoms with Gasteiger partial charge in [-0.15, -0.1) is 0 Å². The molecule has 0 saturated carbocycles. The molecule has 3 aromatic carbocycles. The van der Waals surface area contributed by atoms with Crippen LogP contribution in [0.3, 0.4) is 0 Å². The molecule has 0 aromatic heterocycles. The van der Waals surface area contributed by atoms with Gasteiger partial charge in [0.25, 0.3) is 10.0 Å². The molecule has 0 aliphatic heterocycles. The summed E-state index contributed by atoms with van der Waals surface area (Å²) in [6.45, 7) is 1.49. The Kier molecular flexibility index (Phi) is 7.66. The lowest BCUT2D eigenvalue weighted by molar-refractivity contribution is -0.119. The molecule has 1 N–H and O–H groups in total. The van der Waals surface area contributed by atoms with Crippen LogP contribution in [0.15, 0.2) is 71.6 Å². The fourth-order valence-corrected chi connectivity index (χ4v) is 5.20. The lowest BCUT2D eigenvalue weighted by atomic mass is 10.2. The molecule has 9 heteroatoms. The van der Waals surface area contributed by atoms with Crippen molar-refractivity contribution in [1.82, 2.24) is 5.32 Å². The van der Waals surface area contributed by atoms with Crippen molar-refractivity contribution in [2.24, 2.45) is 0 Å². The molecular formula is C23H22Cl2N2O4S. The van der Waals surface area contributed by atoms with Gasteiger partial charge in [0.1, 0.15) is 17.2 Å². The summed E-state index contributed by atoms with van der Waals surface area (Å²) in [6, 6.07) is 18.3. The number of rotatable bonds is 8. The largest absolute Gasteiger partial charge is 0.495 e. The first-order valence-electron chi connectivity index (χ1n) is 9.65. The normalized spacial score (nSPS) is 11.1. The van der Waals surface area contributed by atoms with E-state index in [9.17, 15) is 13.2 Å². The fraction of sp³-hybridized carbons (Fsp3) is 0.174. The van der Waals surface area contributed by atoms with Gasteiger partial charge >= 0.3 is 0 Å². The molecular weight excluding hydrogens is 471 g/mol. The summed E-state index contributed by atoms with van der Waals surface area (Å²) < 4.78 is 33.5. The van der Waals surface area contributed by atoms with Crippen molar-refractivity contribution < 1.29 is 17.9 Å². The van der Waals surface area contributed by atoms with Crippen LogP contribution in [0.2, 0.25) is 10.0 Å². The van der Waals surface area contributed by atoms with Crippen LogP contribution in [-0.2, 0) is 21.4 Å². The van der Waals surface area contributed by atoms with Gasteiger partial charge < -0.3 is 10.1 Å². The molecule has 3 rings (SSSR count). The number of amides is 1. The number of halogens is 2. The maximum Gasteiger partial charge on any atom is 0.268 e. The monoisotopic (exact) mass is 492 g/mol. The predicted octanol–water partition coefficient (Wildman–Crippen LogP) is 4.82. The quantitative estimate of drug-likeness (QED) is 0.488. The standard InChI is InChI=1S/C23H22Cl2N2O4S/c1-16-8-11-21(31-2)22(12-16)32(29,30)27(19-6-4-3-5-7-19)15-23(28)26-14-17-9-10-18(24)13-20(17)25/h3-13H,14-15H2,1-2H3,(H,26,28). The number of sulfonamides is 1. The molecule has 6 nitrogen and oxygen atoms in total. The van der Waals surface area contributed by atoms with Crippen molar-refractivity contribution in [3.63, 3.8) is 0 Å². The van der Waals surface area contributed by atoms with E-state index in [-0.39, 0.29) is 17.2 Å². The van der Waals surface area contributed by atoms with Gasteiger partial charge in [-0.05, 0) is 54.4 Å². The Morgan fingerprint density at radius 2 is 1.75 bits per heavy atom. The molecule has 0 bridgehead atoms. The van der Waals surface area contributed by atoms with Crippen LogP contribution in [-0.4, -0.2) is 28.0 Å².